The van der Waals surface area contributed by atoms with Gasteiger partial charge in [0.05, 0.1) is 12.6 Å². The van der Waals surface area contributed by atoms with Crippen LogP contribution in [0.15, 0.2) is 47.4 Å². The van der Waals surface area contributed by atoms with Crippen LogP contribution in [0, 0.1) is 0 Å². The molecule has 1 aromatic carbocycles. The Labute approximate surface area is 124 Å². The zero-order chi connectivity index (χ0) is 15.4. The van der Waals surface area contributed by atoms with E-state index in [4.69, 9.17) is 4.52 Å². The summed E-state index contributed by atoms with van der Waals surface area (Å²) in [6.07, 6.45) is 4.12. The van der Waals surface area contributed by atoms with Gasteiger partial charge >= 0.3 is 0 Å². The SMILES string of the molecule is O=C(Cc1noc2ccccc12)NNC(=O)c1cnccn1. The molecular formula is C14H11N5O3. The van der Waals surface area contributed by atoms with E-state index in [-0.39, 0.29) is 12.1 Å². The minimum atomic E-state index is -0.550. The number of hydrogen-bond donors (Lipinski definition) is 2. The van der Waals surface area contributed by atoms with Crippen LogP contribution in [0.3, 0.4) is 0 Å². The lowest BCUT2D eigenvalue weighted by Crippen LogP contribution is -2.42. The minimum Gasteiger partial charge on any atom is -0.356 e. The number of nitrogens with one attached hydrogen (secondary N) is 2. The average Bonchev–Trinajstić information content (AvgIpc) is 2.97. The van der Waals surface area contributed by atoms with Gasteiger partial charge in [0.25, 0.3) is 5.91 Å². The van der Waals surface area contributed by atoms with Gasteiger partial charge in [-0.25, -0.2) is 4.98 Å². The summed E-state index contributed by atoms with van der Waals surface area (Å²) in [6.45, 7) is 0. The third-order valence-electron chi connectivity index (χ3n) is 2.89. The molecule has 0 saturated carbocycles. The largest absolute Gasteiger partial charge is 0.356 e. The Morgan fingerprint density at radius 1 is 1.14 bits per heavy atom. The number of benzene rings is 1. The first-order chi connectivity index (χ1) is 10.7. The molecule has 2 heterocycles. The zero-order valence-corrected chi connectivity index (χ0v) is 11.3. The zero-order valence-electron chi connectivity index (χ0n) is 11.3. The van der Waals surface area contributed by atoms with Crippen molar-refractivity contribution in [1.29, 1.82) is 0 Å². The molecule has 2 aromatic heterocycles. The van der Waals surface area contributed by atoms with Gasteiger partial charge in [-0.05, 0) is 12.1 Å². The molecule has 0 aliphatic rings. The summed E-state index contributed by atoms with van der Waals surface area (Å²) in [4.78, 5) is 31.1. The second-order valence-corrected chi connectivity index (χ2v) is 4.40. The first-order valence-corrected chi connectivity index (χ1v) is 6.42. The Hall–Kier alpha value is -3.29. The highest BCUT2D eigenvalue weighted by atomic mass is 16.5. The molecule has 0 aliphatic heterocycles. The van der Waals surface area contributed by atoms with E-state index in [0.717, 1.165) is 5.39 Å². The van der Waals surface area contributed by atoms with E-state index in [2.05, 4.69) is 26.0 Å². The van der Waals surface area contributed by atoms with Crippen LogP contribution in [0.25, 0.3) is 11.0 Å². The maximum atomic E-state index is 11.8. The summed E-state index contributed by atoms with van der Waals surface area (Å²) in [6, 6.07) is 7.22. The first kappa shape index (κ1) is 13.7. The van der Waals surface area contributed by atoms with Gasteiger partial charge in [0.1, 0.15) is 11.4 Å². The molecule has 0 unspecified atom stereocenters. The molecule has 0 radical (unpaired) electrons. The second kappa shape index (κ2) is 6.00. The Bertz CT molecular complexity index is 815. The average molecular weight is 297 g/mol. The van der Waals surface area contributed by atoms with Crippen molar-refractivity contribution < 1.29 is 14.1 Å². The van der Waals surface area contributed by atoms with E-state index in [1.54, 1.807) is 6.07 Å². The third kappa shape index (κ3) is 2.90. The number of aromatic nitrogens is 3. The fourth-order valence-corrected chi connectivity index (χ4v) is 1.87. The van der Waals surface area contributed by atoms with Gasteiger partial charge in [-0.2, -0.15) is 0 Å². The molecule has 8 nitrogen and oxygen atoms in total. The van der Waals surface area contributed by atoms with Gasteiger partial charge in [-0.3, -0.25) is 25.4 Å². The number of carbonyl (C=O) groups is 2. The molecule has 8 heteroatoms. The highest BCUT2D eigenvalue weighted by Gasteiger charge is 2.13. The fourth-order valence-electron chi connectivity index (χ4n) is 1.87. The van der Waals surface area contributed by atoms with Crippen LogP contribution >= 0.6 is 0 Å². The maximum absolute atomic E-state index is 11.8. The minimum absolute atomic E-state index is 0.0161. The molecular weight excluding hydrogens is 286 g/mol. The van der Waals surface area contributed by atoms with Crippen molar-refractivity contribution in [2.75, 3.05) is 0 Å². The van der Waals surface area contributed by atoms with Crippen LogP contribution in [0.2, 0.25) is 0 Å². The smallest absolute Gasteiger partial charge is 0.289 e. The predicted octanol–water partition coefficient (Wildman–Crippen LogP) is 0.621. The molecule has 0 bridgehead atoms. The Morgan fingerprint density at radius 2 is 2.00 bits per heavy atom. The summed E-state index contributed by atoms with van der Waals surface area (Å²) < 4.78 is 5.11. The highest BCUT2D eigenvalue weighted by molar-refractivity contribution is 5.94. The maximum Gasteiger partial charge on any atom is 0.289 e. The van der Waals surface area contributed by atoms with Crippen LogP contribution in [-0.2, 0) is 11.2 Å². The molecule has 22 heavy (non-hydrogen) atoms. The van der Waals surface area contributed by atoms with Crippen LogP contribution < -0.4 is 10.9 Å². The number of para-hydroxylation sites is 1. The standard InChI is InChI=1S/C14H11N5O3/c20-13(17-18-14(21)11-8-15-5-6-16-11)7-10-9-3-1-2-4-12(9)22-19-10/h1-6,8H,7H2,(H,17,20)(H,18,21). The number of rotatable bonds is 3. The van der Waals surface area contributed by atoms with Crippen molar-refractivity contribution in [2.24, 2.45) is 0 Å². The molecule has 2 N–H and O–H groups in total. The van der Waals surface area contributed by atoms with E-state index in [1.165, 1.54) is 18.6 Å². The van der Waals surface area contributed by atoms with Crippen molar-refractivity contribution in [1.82, 2.24) is 26.0 Å². The second-order valence-electron chi connectivity index (χ2n) is 4.40. The van der Waals surface area contributed by atoms with Crippen LogP contribution in [0.4, 0.5) is 0 Å². The van der Waals surface area contributed by atoms with Gasteiger partial charge in [-0.1, -0.05) is 17.3 Å². The van der Waals surface area contributed by atoms with Gasteiger partial charge in [-0.15, -0.1) is 0 Å². The number of hydrogen-bond acceptors (Lipinski definition) is 6. The number of hydrazine groups is 1. The summed E-state index contributed by atoms with van der Waals surface area (Å²) in [5, 5.41) is 4.61. The van der Waals surface area contributed by atoms with Crippen molar-refractivity contribution in [3.05, 3.63) is 54.2 Å². The Morgan fingerprint density at radius 3 is 2.82 bits per heavy atom. The normalized spacial score (nSPS) is 10.4. The molecule has 0 spiro atoms. The molecule has 2 amide bonds. The molecule has 0 fully saturated rings. The number of fused-ring (bicyclic) bond motifs is 1. The number of amides is 2. The summed E-state index contributed by atoms with van der Waals surface area (Å²) in [7, 11) is 0. The Balaban J connectivity index is 1.60. The lowest BCUT2D eigenvalue weighted by atomic mass is 10.2. The first-order valence-electron chi connectivity index (χ1n) is 6.42. The molecule has 110 valence electrons. The van der Waals surface area contributed by atoms with Gasteiger partial charge in [0.15, 0.2) is 5.58 Å². The summed E-state index contributed by atoms with van der Waals surface area (Å²) >= 11 is 0. The predicted molar refractivity (Wildman–Crippen MR) is 75.4 cm³/mol. The van der Waals surface area contributed by atoms with Crippen LogP contribution in [0.1, 0.15) is 16.2 Å². The topological polar surface area (TPSA) is 110 Å². The van der Waals surface area contributed by atoms with Crippen LogP contribution in [-0.4, -0.2) is 26.9 Å². The lowest BCUT2D eigenvalue weighted by molar-refractivity contribution is -0.121. The molecule has 0 aliphatic carbocycles. The highest BCUT2D eigenvalue weighted by Crippen LogP contribution is 2.17. The van der Waals surface area contributed by atoms with Crippen LogP contribution in [0.5, 0.6) is 0 Å². The van der Waals surface area contributed by atoms with Crippen molar-refractivity contribution in [3.63, 3.8) is 0 Å². The summed E-state index contributed by atoms with van der Waals surface area (Å²) in [5.41, 5.74) is 5.77. The van der Waals surface area contributed by atoms with E-state index in [9.17, 15) is 9.59 Å². The van der Waals surface area contributed by atoms with Crippen molar-refractivity contribution in [3.8, 4) is 0 Å². The molecule has 0 atom stereocenters. The Kier molecular flexibility index (Phi) is 3.73. The number of carbonyl (C=O) groups excluding carboxylic acids is 2. The molecule has 0 saturated heterocycles. The summed E-state index contributed by atoms with van der Waals surface area (Å²) in [5.74, 6) is -0.970. The van der Waals surface area contributed by atoms with Gasteiger partial charge < -0.3 is 4.52 Å². The van der Waals surface area contributed by atoms with Gasteiger partial charge in [0.2, 0.25) is 5.91 Å². The van der Waals surface area contributed by atoms with E-state index >= 15 is 0 Å². The number of nitrogens with zero attached hydrogens (tertiary/aromatic N) is 3. The molecule has 3 aromatic rings. The van der Waals surface area contributed by atoms with Crippen molar-refractivity contribution in [2.45, 2.75) is 6.42 Å². The van der Waals surface area contributed by atoms with Gasteiger partial charge in [0, 0.05) is 17.8 Å². The van der Waals surface area contributed by atoms with Crippen molar-refractivity contribution >= 4 is 22.8 Å². The monoisotopic (exact) mass is 297 g/mol. The lowest BCUT2D eigenvalue weighted by Gasteiger charge is -2.05. The quantitative estimate of drug-likeness (QED) is 0.686. The van der Waals surface area contributed by atoms with E-state index < -0.39 is 11.8 Å². The van der Waals surface area contributed by atoms with E-state index in [1.807, 2.05) is 18.2 Å². The third-order valence-corrected chi connectivity index (χ3v) is 2.89. The van der Waals surface area contributed by atoms with E-state index in [0.29, 0.717) is 11.3 Å². The molecule has 3 rings (SSSR count). The fraction of sp³-hybridized carbons (Fsp3) is 0.0714.